The van der Waals surface area contributed by atoms with Crippen molar-refractivity contribution in [3.63, 3.8) is 0 Å². The molecule has 0 spiro atoms. The number of furan rings is 1. The lowest BCUT2D eigenvalue weighted by Crippen LogP contribution is -2.22. The highest BCUT2D eigenvalue weighted by atomic mass is 32.1. The molecule has 0 saturated carbocycles. The predicted molar refractivity (Wildman–Crippen MR) is 109 cm³/mol. The lowest BCUT2D eigenvalue weighted by Gasteiger charge is -2.03. The topological polar surface area (TPSA) is 92.2 Å². The summed E-state index contributed by atoms with van der Waals surface area (Å²) in [6.07, 6.45) is 1.27. The lowest BCUT2D eigenvalue weighted by molar-refractivity contribution is -0.304. The third-order valence-corrected chi connectivity index (χ3v) is 5.40. The first-order valence-electron chi connectivity index (χ1n) is 8.88. The van der Waals surface area contributed by atoms with Gasteiger partial charge in [-0.2, -0.15) is 0 Å². The van der Waals surface area contributed by atoms with E-state index in [1.165, 1.54) is 11.3 Å². The molecule has 5 aromatic rings. The van der Waals surface area contributed by atoms with Crippen molar-refractivity contribution >= 4 is 50.3 Å². The van der Waals surface area contributed by atoms with Crippen LogP contribution >= 0.6 is 11.3 Å². The number of para-hydroxylation sites is 3. The predicted octanol–water partition coefficient (Wildman–Crippen LogP) is 4.38. The number of hydrogen-bond acceptors (Lipinski definition) is 7. The number of aliphatic carboxylic acids is 1. The third-order valence-electron chi connectivity index (χ3n) is 4.35. The van der Waals surface area contributed by atoms with Gasteiger partial charge in [0.25, 0.3) is 0 Å². The molecule has 0 saturated heterocycles. The molecule has 7 heteroatoms. The molecule has 6 nitrogen and oxygen atoms in total. The first-order valence-corrected chi connectivity index (χ1v) is 9.69. The Bertz CT molecular complexity index is 1310. The Kier molecular flexibility index (Phi) is 4.22. The van der Waals surface area contributed by atoms with Gasteiger partial charge in [-0.05, 0) is 42.5 Å². The van der Waals surface area contributed by atoms with E-state index in [4.69, 9.17) is 8.83 Å². The number of carbonyl (C=O) groups excluding carboxylic acids is 1. The van der Waals surface area contributed by atoms with Crippen molar-refractivity contribution in [1.29, 1.82) is 0 Å². The summed E-state index contributed by atoms with van der Waals surface area (Å²) in [6, 6.07) is 18.7. The highest BCUT2D eigenvalue weighted by Gasteiger charge is 2.14. The standard InChI is InChI=1S/C22H14N2O4S/c25-20(26)12-13(21-23-15-5-1-3-7-17(15)28-21)11-14-9-10-18(27-14)22-24-16-6-2-4-8-19(16)29-22/h1-11H,12H2,(H,25,26)/p-1/b13-11+. The fourth-order valence-electron chi connectivity index (χ4n) is 3.05. The maximum atomic E-state index is 11.3. The zero-order valence-electron chi connectivity index (χ0n) is 15.0. The molecule has 0 aliphatic carbocycles. The van der Waals surface area contributed by atoms with Gasteiger partial charge < -0.3 is 18.7 Å². The smallest absolute Gasteiger partial charge is 0.223 e. The molecule has 3 heterocycles. The van der Waals surface area contributed by atoms with E-state index in [1.54, 1.807) is 24.3 Å². The van der Waals surface area contributed by atoms with E-state index in [0.29, 0.717) is 28.2 Å². The molecular weight excluding hydrogens is 388 g/mol. The monoisotopic (exact) mass is 401 g/mol. The number of benzene rings is 2. The van der Waals surface area contributed by atoms with E-state index in [0.717, 1.165) is 15.2 Å². The molecule has 0 N–H and O–H groups in total. The first-order chi connectivity index (χ1) is 14.2. The maximum absolute atomic E-state index is 11.3. The molecule has 2 aromatic carbocycles. The van der Waals surface area contributed by atoms with Crippen LogP contribution < -0.4 is 5.11 Å². The number of carboxylic acids is 1. The summed E-state index contributed by atoms with van der Waals surface area (Å²) in [7, 11) is 0. The van der Waals surface area contributed by atoms with Crippen LogP contribution in [0.3, 0.4) is 0 Å². The summed E-state index contributed by atoms with van der Waals surface area (Å²) in [4.78, 5) is 20.2. The molecule has 0 radical (unpaired) electrons. The van der Waals surface area contributed by atoms with Gasteiger partial charge in [-0.25, -0.2) is 9.97 Å². The minimum absolute atomic E-state index is 0.230. The highest BCUT2D eigenvalue weighted by molar-refractivity contribution is 7.21. The number of oxazole rings is 1. The molecule has 0 aliphatic heterocycles. The summed E-state index contributed by atoms with van der Waals surface area (Å²) in [5.74, 6) is 0.102. The average Bonchev–Trinajstić information content (AvgIpc) is 3.44. The molecule has 0 unspecified atom stereocenters. The molecular formula is C22H13N2O4S-. The third kappa shape index (κ3) is 3.43. The van der Waals surface area contributed by atoms with Crippen molar-refractivity contribution in [3.05, 3.63) is 72.3 Å². The SMILES string of the molecule is O=C([O-])C/C(=C\c1ccc(-c2nc3ccccc3s2)o1)c1nc2ccccc2o1. The second-order valence-electron chi connectivity index (χ2n) is 6.39. The summed E-state index contributed by atoms with van der Waals surface area (Å²) in [6.45, 7) is 0. The van der Waals surface area contributed by atoms with Gasteiger partial charge in [-0.1, -0.05) is 24.3 Å². The molecule has 3 aromatic heterocycles. The van der Waals surface area contributed by atoms with Crippen molar-refractivity contribution < 1.29 is 18.7 Å². The van der Waals surface area contributed by atoms with Crippen LogP contribution in [0.1, 0.15) is 18.1 Å². The average molecular weight is 401 g/mol. The molecule has 0 amide bonds. The fourth-order valence-corrected chi connectivity index (χ4v) is 3.98. The molecule has 0 atom stereocenters. The Labute approximate surface area is 168 Å². The van der Waals surface area contributed by atoms with Gasteiger partial charge in [0.05, 0.1) is 10.2 Å². The van der Waals surface area contributed by atoms with E-state index in [2.05, 4.69) is 9.97 Å². The molecule has 142 valence electrons. The van der Waals surface area contributed by atoms with Gasteiger partial charge in [-0.15, -0.1) is 11.3 Å². The van der Waals surface area contributed by atoms with Crippen molar-refractivity contribution in [2.75, 3.05) is 0 Å². The number of rotatable bonds is 5. The number of aromatic nitrogens is 2. The molecule has 0 fully saturated rings. The zero-order valence-corrected chi connectivity index (χ0v) is 15.8. The summed E-state index contributed by atoms with van der Waals surface area (Å²) in [5.41, 5.74) is 2.51. The van der Waals surface area contributed by atoms with E-state index in [1.807, 2.05) is 42.5 Å². The Hall–Kier alpha value is -3.71. The second-order valence-corrected chi connectivity index (χ2v) is 7.42. The van der Waals surface area contributed by atoms with Gasteiger partial charge in [0.15, 0.2) is 16.4 Å². The maximum Gasteiger partial charge on any atom is 0.223 e. The van der Waals surface area contributed by atoms with Crippen LogP contribution in [0, 0.1) is 0 Å². The largest absolute Gasteiger partial charge is 0.550 e. The molecule has 29 heavy (non-hydrogen) atoms. The van der Waals surface area contributed by atoms with Crippen LogP contribution in [0.25, 0.3) is 43.7 Å². The number of hydrogen-bond donors (Lipinski definition) is 0. The van der Waals surface area contributed by atoms with Gasteiger partial charge in [0.2, 0.25) is 5.89 Å². The van der Waals surface area contributed by atoms with E-state index in [9.17, 15) is 9.90 Å². The number of thiazole rings is 1. The lowest BCUT2D eigenvalue weighted by atomic mass is 10.1. The summed E-state index contributed by atoms with van der Waals surface area (Å²) >= 11 is 1.53. The molecule has 0 aliphatic rings. The van der Waals surface area contributed by atoms with Crippen LogP contribution in [0.2, 0.25) is 0 Å². The van der Waals surface area contributed by atoms with Crippen molar-refractivity contribution in [2.45, 2.75) is 6.42 Å². The fraction of sp³-hybridized carbons (Fsp3) is 0.0455. The van der Waals surface area contributed by atoms with E-state index < -0.39 is 5.97 Å². The minimum atomic E-state index is -1.23. The van der Waals surface area contributed by atoms with Crippen LogP contribution in [-0.2, 0) is 4.79 Å². The van der Waals surface area contributed by atoms with Crippen LogP contribution in [0.4, 0.5) is 0 Å². The zero-order chi connectivity index (χ0) is 19.8. The number of nitrogens with zero attached hydrogens (tertiary/aromatic N) is 2. The second kappa shape index (κ2) is 7.03. The normalized spacial score (nSPS) is 12.1. The van der Waals surface area contributed by atoms with Gasteiger partial charge in [-0.3, -0.25) is 0 Å². The number of carbonyl (C=O) groups is 1. The van der Waals surface area contributed by atoms with Crippen LogP contribution in [0.15, 0.2) is 69.5 Å². The van der Waals surface area contributed by atoms with Crippen LogP contribution in [-0.4, -0.2) is 15.9 Å². The highest BCUT2D eigenvalue weighted by Crippen LogP contribution is 2.32. The summed E-state index contributed by atoms with van der Waals surface area (Å²) < 4.78 is 12.7. The number of fused-ring (bicyclic) bond motifs is 2. The van der Waals surface area contributed by atoms with Gasteiger partial charge >= 0.3 is 0 Å². The molecule has 0 bridgehead atoms. The quantitative estimate of drug-likeness (QED) is 0.434. The number of carboxylic acid groups (broad SMARTS) is 1. The van der Waals surface area contributed by atoms with Crippen molar-refractivity contribution in [2.24, 2.45) is 0 Å². The van der Waals surface area contributed by atoms with E-state index >= 15 is 0 Å². The van der Waals surface area contributed by atoms with Crippen molar-refractivity contribution in [1.82, 2.24) is 9.97 Å². The Morgan fingerprint density at radius 3 is 2.55 bits per heavy atom. The van der Waals surface area contributed by atoms with Gasteiger partial charge in [0, 0.05) is 18.0 Å². The Balaban J connectivity index is 1.53. The minimum Gasteiger partial charge on any atom is -0.550 e. The van der Waals surface area contributed by atoms with E-state index in [-0.39, 0.29) is 12.3 Å². The molecule has 5 rings (SSSR count). The Morgan fingerprint density at radius 1 is 0.966 bits per heavy atom. The van der Waals surface area contributed by atoms with Crippen molar-refractivity contribution in [3.8, 4) is 10.8 Å². The first kappa shape index (κ1) is 17.4. The van der Waals surface area contributed by atoms with Crippen LogP contribution in [0.5, 0.6) is 0 Å². The van der Waals surface area contributed by atoms with Gasteiger partial charge in [0.1, 0.15) is 11.3 Å². The Morgan fingerprint density at radius 2 is 1.76 bits per heavy atom. The summed E-state index contributed by atoms with van der Waals surface area (Å²) in [5, 5.41) is 12.0.